The van der Waals surface area contributed by atoms with Crippen LogP contribution in [0.4, 0.5) is 0 Å². The Morgan fingerprint density at radius 1 is 1.37 bits per heavy atom. The highest BCUT2D eigenvalue weighted by molar-refractivity contribution is 8.00. The van der Waals surface area contributed by atoms with Crippen LogP contribution in [-0.2, 0) is 12.8 Å². The van der Waals surface area contributed by atoms with Gasteiger partial charge in [-0.1, -0.05) is 37.7 Å². The summed E-state index contributed by atoms with van der Waals surface area (Å²) in [5, 5.41) is 12.9. The van der Waals surface area contributed by atoms with Gasteiger partial charge in [0, 0.05) is 10.4 Å². The van der Waals surface area contributed by atoms with Crippen molar-refractivity contribution < 1.29 is 5.21 Å². The van der Waals surface area contributed by atoms with E-state index in [9.17, 15) is 0 Å². The lowest BCUT2D eigenvalue weighted by atomic mass is 9.95. The summed E-state index contributed by atoms with van der Waals surface area (Å²) < 4.78 is 0.0421. The lowest BCUT2D eigenvalue weighted by Gasteiger charge is -2.22. The molecule has 3 N–H and O–H groups in total. The minimum Gasteiger partial charge on any atom is -0.409 e. The van der Waals surface area contributed by atoms with Gasteiger partial charge in [-0.2, -0.15) is 0 Å². The molecule has 1 aromatic heterocycles. The number of fused-ring (bicyclic) bond motifs is 1. The number of rotatable bonds is 2. The number of hydrogen-bond donors (Lipinski definition) is 2. The molecule has 19 heavy (non-hydrogen) atoms. The smallest absolute Gasteiger partial charge is 0.172 e. The van der Waals surface area contributed by atoms with Gasteiger partial charge >= 0.3 is 0 Å². The SMILES string of the molecule is CC(C)(C)Sc1nc2c(cc1C(N)=NO)CCCC2. The minimum absolute atomic E-state index is 0.0421. The number of amidine groups is 1. The second-order valence-corrected chi connectivity index (χ2v) is 7.67. The third-order valence-corrected chi connectivity index (χ3v) is 4.17. The van der Waals surface area contributed by atoms with Crippen molar-refractivity contribution >= 4 is 17.6 Å². The lowest BCUT2D eigenvalue weighted by molar-refractivity contribution is 0.318. The summed E-state index contributed by atoms with van der Waals surface area (Å²) in [4.78, 5) is 4.76. The largest absolute Gasteiger partial charge is 0.409 e. The van der Waals surface area contributed by atoms with Crippen molar-refractivity contribution in [3.05, 3.63) is 22.9 Å². The molecule has 0 amide bonds. The zero-order valence-electron chi connectivity index (χ0n) is 11.7. The molecule has 104 valence electrons. The molecule has 1 aliphatic carbocycles. The van der Waals surface area contributed by atoms with Gasteiger partial charge in [0.05, 0.1) is 5.56 Å². The van der Waals surface area contributed by atoms with Crippen LogP contribution in [0.25, 0.3) is 0 Å². The van der Waals surface area contributed by atoms with Gasteiger partial charge in [-0.05, 0) is 37.3 Å². The van der Waals surface area contributed by atoms with Crippen LogP contribution in [0.15, 0.2) is 16.2 Å². The molecule has 4 nitrogen and oxygen atoms in total. The Kier molecular flexibility index (Phi) is 4.04. The molecule has 0 saturated heterocycles. The number of aromatic nitrogens is 1. The van der Waals surface area contributed by atoms with E-state index in [1.165, 1.54) is 24.1 Å². The van der Waals surface area contributed by atoms with Gasteiger partial charge in [0.15, 0.2) is 5.84 Å². The molecule has 1 aliphatic rings. The van der Waals surface area contributed by atoms with E-state index in [1.54, 1.807) is 11.8 Å². The van der Waals surface area contributed by atoms with E-state index in [2.05, 4.69) is 25.9 Å². The molecule has 0 spiro atoms. The Morgan fingerprint density at radius 2 is 2.05 bits per heavy atom. The molecular weight excluding hydrogens is 258 g/mol. The van der Waals surface area contributed by atoms with E-state index in [-0.39, 0.29) is 10.6 Å². The van der Waals surface area contributed by atoms with E-state index in [4.69, 9.17) is 15.9 Å². The fraction of sp³-hybridized carbons (Fsp3) is 0.571. The second kappa shape index (κ2) is 5.41. The Balaban J connectivity index is 2.49. The second-order valence-electron chi connectivity index (χ2n) is 5.85. The van der Waals surface area contributed by atoms with Crippen molar-refractivity contribution in [3.8, 4) is 0 Å². The predicted molar refractivity (Wildman–Crippen MR) is 79.0 cm³/mol. The van der Waals surface area contributed by atoms with Crippen molar-refractivity contribution in [2.45, 2.75) is 56.2 Å². The van der Waals surface area contributed by atoms with Crippen LogP contribution >= 0.6 is 11.8 Å². The van der Waals surface area contributed by atoms with Crippen molar-refractivity contribution in [2.24, 2.45) is 10.9 Å². The van der Waals surface area contributed by atoms with Gasteiger partial charge in [0.1, 0.15) is 5.03 Å². The standard InChI is InChI=1S/C14H21N3OS/c1-14(2,3)19-13-10(12(15)17-18)8-9-6-4-5-7-11(9)16-13/h8,18H,4-7H2,1-3H3,(H2,15,17). The third-order valence-electron chi connectivity index (χ3n) is 3.05. The van der Waals surface area contributed by atoms with E-state index in [0.29, 0.717) is 0 Å². The molecule has 0 radical (unpaired) electrons. The molecule has 0 atom stereocenters. The quantitative estimate of drug-likeness (QED) is 0.287. The fourth-order valence-corrected chi connectivity index (χ4v) is 3.23. The Labute approximate surface area is 118 Å². The van der Waals surface area contributed by atoms with Crippen LogP contribution in [-0.4, -0.2) is 20.8 Å². The summed E-state index contributed by atoms with van der Waals surface area (Å²) in [6.45, 7) is 6.40. The number of nitrogens with two attached hydrogens (primary N) is 1. The normalized spacial score (nSPS) is 16.3. The number of hydrogen-bond acceptors (Lipinski definition) is 4. The van der Waals surface area contributed by atoms with Crippen molar-refractivity contribution in [3.63, 3.8) is 0 Å². The van der Waals surface area contributed by atoms with Crippen LogP contribution in [0.2, 0.25) is 0 Å². The van der Waals surface area contributed by atoms with Crippen LogP contribution in [0, 0.1) is 0 Å². The first-order chi connectivity index (χ1) is 8.90. The maximum absolute atomic E-state index is 8.94. The van der Waals surface area contributed by atoms with Gasteiger partial charge < -0.3 is 10.9 Å². The highest BCUT2D eigenvalue weighted by atomic mass is 32.2. The molecule has 5 heteroatoms. The summed E-state index contributed by atoms with van der Waals surface area (Å²) in [5.41, 5.74) is 8.96. The molecule has 0 aromatic carbocycles. The molecule has 0 fully saturated rings. The summed E-state index contributed by atoms with van der Waals surface area (Å²) in [6.07, 6.45) is 4.45. The summed E-state index contributed by atoms with van der Waals surface area (Å²) >= 11 is 1.66. The Morgan fingerprint density at radius 3 is 2.68 bits per heavy atom. The molecular formula is C14H21N3OS. The lowest BCUT2D eigenvalue weighted by Crippen LogP contribution is -2.19. The van der Waals surface area contributed by atoms with Crippen molar-refractivity contribution in [1.29, 1.82) is 0 Å². The number of aryl methyl sites for hydroxylation is 2. The van der Waals surface area contributed by atoms with E-state index < -0.39 is 0 Å². The first kappa shape index (κ1) is 14.2. The summed E-state index contributed by atoms with van der Waals surface area (Å²) in [6, 6.07) is 2.05. The van der Waals surface area contributed by atoms with Crippen LogP contribution in [0.5, 0.6) is 0 Å². The van der Waals surface area contributed by atoms with E-state index in [0.717, 1.165) is 23.4 Å². The Hall–Kier alpha value is -1.23. The number of thioether (sulfide) groups is 1. The number of nitrogens with zero attached hydrogens (tertiary/aromatic N) is 2. The number of pyridine rings is 1. The van der Waals surface area contributed by atoms with E-state index >= 15 is 0 Å². The first-order valence-corrected chi connectivity index (χ1v) is 7.42. The molecule has 0 saturated carbocycles. The minimum atomic E-state index is 0.0421. The topological polar surface area (TPSA) is 71.5 Å². The molecule has 0 bridgehead atoms. The average molecular weight is 279 g/mol. The number of oxime groups is 1. The van der Waals surface area contributed by atoms with Crippen LogP contribution < -0.4 is 5.73 Å². The molecule has 1 heterocycles. The molecule has 1 aromatic rings. The monoisotopic (exact) mass is 279 g/mol. The summed E-state index contributed by atoms with van der Waals surface area (Å²) in [5.74, 6) is 0.146. The van der Waals surface area contributed by atoms with Gasteiger partial charge in [-0.25, -0.2) is 4.98 Å². The van der Waals surface area contributed by atoms with E-state index in [1.807, 2.05) is 6.07 Å². The first-order valence-electron chi connectivity index (χ1n) is 6.60. The highest BCUT2D eigenvalue weighted by Crippen LogP contribution is 2.35. The maximum atomic E-state index is 8.94. The van der Waals surface area contributed by atoms with Gasteiger partial charge in [-0.15, -0.1) is 0 Å². The summed E-state index contributed by atoms with van der Waals surface area (Å²) in [7, 11) is 0. The fourth-order valence-electron chi connectivity index (χ4n) is 2.22. The predicted octanol–water partition coefficient (Wildman–Crippen LogP) is 2.95. The zero-order chi connectivity index (χ0) is 14.0. The van der Waals surface area contributed by atoms with Crippen molar-refractivity contribution in [1.82, 2.24) is 4.98 Å². The molecule has 0 unspecified atom stereocenters. The zero-order valence-corrected chi connectivity index (χ0v) is 12.5. The highest BCUT2D eigenvalue weighted by Gasteiger charge is 2.21. The van der Waals surface area contributed by atoms with Crippen molar-refractivity contribution in [2.75, 3.05) is 0 Å². The Bertz CT molecular complexity index is 506. The van der Waals surface area contributed by atoms with Crippen LogP contribution in [0.1, 0.15) is 50.4 Å². The average Bonchev–Trinajstić information content (AvgIpc) is 2.35. The van der Waals surface area contributed by atoms with Gasteiger partial charge in [0.25, 0.3) is 0 Å². The third kappa shape index (κ3) is 3.41. The molecule has 0 aliphatic heterocycles. The van der Waals surface area contributed by atoms with Gasteiger partial charge in [0.2, 0.25) is 0 Å². The van der Waals surface area contributed by atoms with Gasteiger partial charge in [-0.3, -0.25) is 0 Å². The molecule has 2 rings (SSSR count). The van der Waals surface area contributed by atoms with Crippen LogP contribution in [0.3, 0.4) is 0 Å². The maximum Gasteiger partial charge on any atom is 0.172 e.